The van der Waals surface area contributed by atoms with Crippen molar-refractivity contribution in [2.45, 2.75) is 88.7 Å². The Morgan fingerprint density at radius 1 is 0.836 bits per heavy atom. The van der Waals surface area contributed by atoms with Crippen molar-refractivity contribution < 1.29 is 42.1 Å². The average Bonchev–Trinajstić information content (AvgIpc) is 3.80. The monoisotopic (exact) mass is 934 g/mol. The maximum absolute atomic E-state index is 13.0. The zero-order valence-electron chi connectivity index (χ0n) is 38.0. The molecule has 0 unspecified atom stereocenters. The summed E-state index contributed by atoms with van der Waals surface area (Å²) >= 11 is 0. The molecular formula is C47H61F3N10O7. The van der Waals surface area contributed by atoms with Crippen LogP contribution in [0.5, 0.6) is 0 Å². The van der Waals surface area contributed by atoms with Gasteiger partial charge in [0.05, 0.1) is 68.0 Å². The number of hydrogen-bond acceptors (Lipinski definition) is 13. The minimum Gasteiger partial charge on any atom is -0.393 e. The fraction of sp³-hybridized carbons (Fsp3) is 0.574. The number of imide groups is 1. The number of piperidine rings is 1. The van der Waals surface area contributed by atoms with Gasteiger partial charge in [-0.1, -0.05) is 30.3 Å². The summed E-state index contributed by atoms with van der Waals surface area (Å²) in [6.45, 7) is 8.37. The van der Waals surface area contributed by atoms with Gasteiger partial charge >= 0.3 is 11.9 Å². The molecule has 0 radical (unpaired) electrons. The molecule has 0 spiro atoms. The van der Waals surface area contributed by atoms with Crippen LogP contribution in [0.4, 0.5) is 19.1 Å². The molecular weight excluding hydrogens is 874 g/mol. The number of hydrogen-bond donors (Lipinski definition) is 3. The van der Waals surface area contributed by atoms with Crippen molar-refractivity contribution in [3.8, 4) is 11.3 Å². The zero-order chi connectivity index (χ0) is 46.9. The molecule has 2 aliphatic heterocycles. The van der Waals surface area contributed by atoms with E-state index >= 15 is 0 Å². The first-order valence-corrected chi connectivity index (χ1v) is 23.4. The number of nitrogens with zero attached hydrogens (tertiary/aromatic N) is 8. The average molecular weight is 935 g/mol. The third-order valence-corrected chi connectivity index (χ3v) is 13.0. The van der Waals surface area contributed by atoms with E-state index in [4.69, 9.17) is 19.3 Å². The number of imidazole rings is 1. The summed E-state index contributed by atoms with van der Waals surface area (Å²) in [5, 5.41) is 20.9. The van der Waals surface area contributed by atoms with Gasteiger partial charge in [0.2, 0.25) is 17.8 Å². The molecule has 17 nitrogen and oxygen atoms in total. The molecule has 1 saturated carbocycles. The molecule has 3 aromatic heterocycles. The summed E-state index contributed by atoms with van der Waals surface area (Å²) in [6.07, 6.45) is 0.892. The Morgan fingerprint density at radius 2 is 1.52 bits per heavy atom. The van der Waals surface area contributed by atoms with Crippen LogP contribution in [0.1, 0.15) is 74.6 Å². The van der Waals surface area contributed by atoms with Gasteiger partial charge in [-0.05, 0) is 68.2 Å². The van der Waals surface area contributed by atoms with Crippen LogP contribution in [-0.2, 0) is 43.8 Å². The van der Waals surface area contributed by atoms with Gasteiger partial charge in [0.25, 0.3) is 0 Å². The maximum atomic E-state index is 13.0. The number of halogens is 3. The Hall–Kier alpha value is -5.25. The number of piperazine rings is 1. The first-order chi connectivity index (χ1) is 32.4. The summed E-state index contributed by atoms with van der Waals surface area (Å²) in [7, 11) is 1.69. The molecule has 5 heterocycles. The smallest absolute Gasteiger partial charge is 0.390 e. The highest BCUT2D eigenvalue weighted by Crippen LogP contribution is 2.35. The van der Waals surface area contributed by atoms with Gasteiger partial charge in [0.15, 0.2) is 5.65 Å². The van der Waals surface area contributed by atoms with E-state index in [1.165, 1.54) is 10.1 Å². The second-order valence-corrected chi connectivity index (χ2v) is 17.7. The minimum absolute atomic E-state index is 0.0197. The zero-order valence-corrected chi connectivity index (χ0v) is 38.0. The van der Waals surface area contributed by atoms with Crippen LogP contribution in [0.25, 0.3) is 33.3 Å². The predicted molar refractivity (Wildman–Crippen MR) is 245 cm³/mol. The van der Waals surface area contributed by atoms with Crippen LogP contribution in [0, 0.1) is 0 Å². The quantitative estimate of drug-likeness (QED) is 0.0677. The van der Waals surface area contributed by atoms with Gasteiger partial charge in [0.1, 0.15) is 11.7 Å². The van der Waals surface area contributed by atoms with Crippen LogP contribution in [0.2, 0.25) is 0 Å². The van der Waals surface area contributed by atoms with Crippen LogP contribution in [0.15, 0.2) is 53.5 Å². The summed E-state index contributed by atoms with van der Waals surface area (Å²) in [4.78, 5) is 50.9. The lowest BCUT2D eigenvalue weighted by atomic mass is 9.93. The molecule has 2 aromatic carbocycles. The van der Waals surface area contributed by atoms with Crippen LogP contribution >= 0.6 is 0 Å². The van der Waals surface area contributed by atoms with Gasteiger partial charge < -0.3 is 24.6 Å². The molecule has 362 valence electrons. The number of nitrogens with one attached hydrogen (secondary N) is 2. The number of carbonyl (C=O) groups is 2. The van der Waals surface area contributed by atoms with Crippen molar-refractivity contribution >= 4 is 39.8 Å². The highest BCUT2D eigenvalue weighted by molar-refractivity contribution is 6.00. The van der Waals surface area contributed by atoms with Gasteiger partial charge in [0, 0.05) is 77.6 Å². The lowest BCUT2D eigenvalue weighted by Gasteiger charge is -2.34. The number of carbonyl (C=O) groups excluding carboxylic acids is 2. The fourth-order valence-electron chi connectivity index (χ4n) is 9.20. The summed E-state index contributed by atoms with van der Waals surface area (Å²) in [5.41, 5.74) is 5.61. The Balaban J connectivity index is 0.693. The molecule has 1 atom stereocenters. The first-order valence-electron chi connectivity index (χ1n) is 23.4. The van der Waals surface area contributed by atoms with Gasteiger partial charge in [-0.2, -0.15) is 23.3 Å². The number of amides is 2. The van der Waals surface area contributed by atoms with Crippen molar-refractivity contribution in [3.05, 3.63) is 70.3 Å². The molecule has 3 N–H and O–H groups in total. The van der Waals surface area contributed by atoms with Crippen molar-refractivity contribution in [1.82, 2.24) is 44.0 Å². The number of benzene rings is 2. The minimum atomic E-state index is -4.28. The Bertz CT molecular complexity index is 2510. The van der Waals surface area contributed by atoms with Crippen LogP contribution in [0.3, 0.4) is 0 Å². The summed E-state index contributed by atoms with van der Waals surface area (Å²) in [6, 6.07) is 13.5. The highest BCUT2D eigenvalue weighted by Gasteiger charge is 2.32. The Kier molecular flexibility index (Phi) is 16.0. The number of aryl methyl sites for hydroxylation is 2. The number of fused-ring (bicyclic) bond motifs is 2. The third kappa shape index (κ3) is 12.5. The Labute approximate surface area is 386 Å². The maximum Gasteiger partial charge on any atom is 0.390 e. The van der Waals surface area contributed by atoms with Crippen LogP contribution in [-0.4, -0.2) is 147 Å². The largest absolute Gasteiger partial charge is 0.393 e. The Morgan fingerprint density at radius 3 is 2.24 bits per heavy atom. The van der Waals surface area contributed by atoms with Gasteiger partial charge in [-0.15, -0.1) is 0 Å². The SMILES string of the molecule is Cn1c(=O)n([C@H]2CCC(=O)NC2=O)c2ccc(CCCOCCOCCOCCN3CCN(Cc4ccc(-c5nn(C6CCC(O)CC6)c6nc(NCCC(F)(F)F)ncc56)cc4)CC3)cc21. The fourth-order valence-corrected chi connectivity index (χ4v) is 9.20. The molecule has 8 rings (SSSR count). The van der Waals surface area contributed by atoms with Gasteiger partial charge in [-0.25, -0.2) is 14.5 Å². The van der Waals surface area contributed by atoms with Crippen molar-refractivity contribution in [1.29, 1.82) is 0 Å². The molecule has 2 saturated heterocycles. The summed E-state index contributed by atoms with van der Waals surface area (Å²) < 4.78 is 60.6. The normalized spacial score (nSPS) is 20.0. The van der Waals surface area contributed by atoms with E-state index < -0.39 is 24.5 Å². The lowest BCUT2D eigenvalue weighted by molar-refractivity contribution is -0.136. The number of aliphatic hydroxyl groups excluding tert-OH is 1. The van der Waals surface area contributed by atoms with Gasteiger partial charge in [-0.3, -0.25) is 33.8 Å². The van der Waals surface area contributed by atoms with E-state index in [2.05, 4.69) is 54.7 Å². The standard InChI is InChI=1S/C47H61F3N10O7/c1-56-40-29-32(6-13-38(40)59(46(56)64)39-14-15-41(62)53-44(39)63)3-2-23-65-25-27-67-28-26-66-24-22-57-18-20-58(21-19-57)31-33-4-7-34(8-5-33)42-37-30-52-45(51-17-16-47(48,49)50)54-43(37)60(55-42)35-9-11-36(61)12-10-35/h4-8,13,29-30,35-36,39,61H,2-3,9-12,14-28,31H2,1H3,(H,51,52,54)(H,53,62,63)/t35?,36?,39-/m0/s1. The van der Waals surface area contributed by atoms with Crippen molar-refractivity contribution in [3.63, 3.8) is 0 Å². The molecule has 3 aliphatic rings. The number of ether oxygens (including phenoxy) is 3. The second-order valence-electron chi connectivity index (χ2n) is 17.7. The van der Waals surface area contributed by atoms with E-state index in [0.717, 1.165) is 92.7 Å². The number of aliphatic hydroxyl groups is 1. The second kappa shape index (κ2) is 22.2. The van der Waals surface area contributed by atoms with E-state index in [1.807, 2.05) is 22.9 Å². The molecule has 0 bridgehead atoms. The molecule has 67 heavy (non-hydrogen) atoms. The van der Waals surface area contributed by atoms with E-state index in [-0.39, 0.29) is 42.7 Å². The van der Waals surface area contributed by atoms with E-state index in [9.17, 15) is 32.7 Å². The lowest BCUT2D eigenvalue weighted by Crippen LogP contribution is -2.46. The predicted octanol–water partition coefficient (Wildman–Crippen LogP) is 4.76. The number of anilines is 1. The molecule has 3 fully saturated rings. The number of alkyl halides is 3. The number of rotatable bonds is 21. The third-order valence-electron chi connectivity index (χ3n) is 13.0. The number of aromatic nitrogens is 6. The first kappa shape index (κ1) is 48.2. The van der Waals surface area contributed by atoms with Crippen LogP contribution < -0.4 is 16.3 Å². The highest BCUT2D eigenvalue weighted by atomic mass is 19.4. The molecule has 20 heteroatoms. The van der Waals surface area contributed by atoms with E-state index in [0.29, 0.717) is 70.1 Å². The van der Waals surface area contributed by atoms with Crippen molar-refractivity contribution in [2.24, 2.45) is 7.05 Å². The van der Waals surface area contributed by atoms with E-state index in [1.54, 1.807) is 17.8 Å². The summed E-state index contributed by atoms with van der Waals surface area (Å²) in [5.74, 6) is -0.626. The molecule has 2 amide bonds. The molecule has 1 aliphatic carbocycles. The van der Waals surface area contributed by atoms with Crippen molar-refractivity contribution in [2.75, 3.05) is 84.2 Å². The topological polar surface area (TPSA) is 183 Å². The molecule has 5 aromatic rings.